The maximum absolute atomic E-state index is 13.2. The van der Waals surface area contributed by atoms with E-state index in [0.717, 1.165) is 0 Å². The highest BCUT2D eigenvalue weighted by Crippen LogP contribution is 2.53. The van der Waals surface area contributed by atoms with Gasteiger partial charge in [0.1, 0.15) is 0 Å². The third-order valence-corrected chi connectivity index (χ3v) is 3.22. The lowest BCUT2D eigenvalue weighted by molar-refractivity contribution is -0.397. The molecule has 0 atom stereocenters. The lowest BCUT2D eigenvalue weighted by Gasteiger charge is -2.33. The molecule has 0 radical (unpaired) electrons. The summed E-state index contributed by atoms with van der Waals surface area (Å²) in [5, 5.41) is -0.391. The van der Waals surface area contributed by atoms with E-state index in [9.17, 15) is 39.5 Å². The summed E-state index contributed by atoms with van der Waals surface area (Å²) in [7, 11) is 0. The Balaban J connectivity index is 2.77. The molecule has 24 heavy (non-hydrogen) atoms. The molecular weight excluding hydrogens is 375 g/mol. The Kier molecular flexibility index (Phi) is 5.79. The van der Waals surface area contributed by atoms with Crippen LogP contribution in [-0.2, 0) is 4.74 Å². The molecule has 0 N–H and O–H groups in total. The van der Waals surface area contributed by atoms with Crippen molar-refractivity contribution >= 4 is 17.3 Å². The van der Waals surface area contributed by atoms with Crippen LogP contribution in [0.1, 0.15) is 12.0 Å². The van der Waals surface area contributed by atoms with Gasteiger partial charge in [0.05, 0.1) is 13.0 Å². The Bertz CT molecular complexity index is 569. The van der Waals surface area contributed by atoms with Gasteiger partial charge in [0.25, 0.3) is 0 Å². The minimum absolute atomic E-state index is 0.225. The number of hydrogen-bond donors (Lipinski definition) is 0. The van der Waals surface area contributed by atoms with E-state index >= 15 is 0 Å². The number of thiocarbonyl (C=S) groups is 1. The molecule has 0 aliphatic heterocycles. The van der Waals surface area contributed by atoms with Crippen molar-refractivity contribution in [2.75, 3.05) is 6.61 Å². The maximum Gasteiger partial charge on any atom is 0.460 e. The summed E-state index contributed by atoms with van der Waals surface area (Å²) in [6.07, 6.45) is -8.92. The van der Waals surface area contributed by atoms with E-state index in [0.29, 0.717) is 0 Å². The van der Waals surface area contributed by atoms with Crippen LogP contribution in [0.25, 0.3) is 0 Å². The second-order valence-corrected chi connectivity index (χ2v) is 4.97. The number of alkyl halides is 9. The largest absolute Gasteiger partial charge is 0.483 e. The summed E-state index contributed by atoms with van der Waals surface area (Å²) in [4.78, 5) is 0. The molecule has 0 saturated carbocycles. The molecule has 136 valence electrons. The van der Waals surface area contributed by atoms with Crippen molar-refractivity contribution in [1.29, 1.82) is 0 Å². The highest BCUT2D eigenvalue weighted by molar-refractivity contribution is 7.80. The summed E-state index contributed by atoms with van der Waals surface area (Å²) in [6, 6.07) is 7.37. The van der Waals surface area contributed by atoms with Crippen LogP contribution in [-0.4, -0.2) is 35.6 Å². The molecular formula is C13H9F9OS. The number of benzene rings is 1. The summed E-state index contributed by atoms with van der Waals surface area (Å²) in [6.45, 7) is -1.27. The van der Waals surface area contributed by atoms with Crippen LogP contribution >= 0.6 is 12.2 Å². The lowest BCUT2D eigenvalue weighted by atomic mass is 10.0. The normalized spacial score (nSPS) is 13.7. The molecule has 0 aromatic heterocycles. The van der Waals surface area contributed by atoms with Crippen LogP contribution in [0.2, 0.25) is 0 Å². The SMILES string of the molecule is FC(F)(F)C(F)(F)C(F)(F)C(F)(F)CCOC(=S)c1ccccc1. The van der Waals surface area contributed by atoms with E-state index in [-0.39, 0.29) is 5.56 Å². The first-order chi connectivity index (χ1) is 10.7. The molecule has 1 rings (SSSR count). The van der Waals surface area contributed by atoms with Gasteiger partial charge in [0.2, 0.25) is 0 Å². The van der Waals surface area contributed by atoms with Crippen LogP contribution in [0.15, 0.2) is 30.3 Å². The molecule has 0 aliphatic carbocycles. The Morgan fingerprint density at radius 1 is 0.833 bits per heavy atom. The molecule has 0 saturated heterocycles. The Morgan fingerprint density at radius 2 is 1.33 bits per heavy atom. The zero-order valence-corrected chi connectivity index (χ0v) is 12.3. The average molecular weight is 384 g/mol. The van der Waals surface area contributed by atoms with Gasteiger partial charge in [-0.1, -0.05) is 30.3 Å². The van der Waals surface area contributed by atoms with Crippen LogP contribution in [0, 0.1) is 0 Å². The zero-order chi connectivity index (χ0) is 18.8. The van der Waals surface area contributed by atoms with Crippen LogP contribution < -0.4 is 0 Å². The highest BCUT2D eigenvalue weighted by Gasteiger charge is 2.81. The smallest absolute Gasteiger partial charge is 0.460 e. The minimum atomic E-state index is -6.90. The van der Waals surface area contributed by atoms with Gasteiger partial charge in [-0.05, 0) is 12.2 Å². The molecule has 0 bridgehead atoms. The monoisotopic (exact) mass is 384 g/mol. The molecule has 0 amide bonds. The summed E-state index contributed by atoms with van der Waals surface area (Å²) < 4.78 is 118. The van der Waals surface area contributed by atoms with Crippen molar-refractivity contribution in [3.63, 3.8) is 0 Å². The topological polar surface area (TPSA) is 9.23 Å². The van der Waals surface area contributed by atoms with E-state index in [2.05, 4.69) is 17.0 Å². The molecule has 1 aromatic rings. The predicted octanol–water partition coefficient (Wildman–Crippen LogP) is 5.24. The summed E-state index contributed by atoms with van der Waals surface area (Å²) in [5.41, 5.74) is 0.225. The molecule has 0 heterocycles. The minimum Gasteiger partial charge on any atom is -0.483 e. The van der Waals surface area contributed by atoms with Gasteiger partial charge in [0.15, 0.2) is 5.05 Å². The number of rotatable bonds is 6. The zero-order valence-electron chi connectivity index (χ0n) is 11.5. The van der Waals surface area contributed by atoms with Crippen molar-refractivity contribution < 1.29 is 44.3 Å². The van der Waals surface area contributed by atoms with Gasteiger partial charge in [0, 0.05) is 5.56 Å². The van der Waals surface area contributed by atoms with Gasteiger partial charge >= 0.3 is 23.9 Å². The Morgan fingerprint density at radius 3 is 1.79 bits per heavy atom. The molecule has 11 heteroatoms. The summed E-state index contributed by atoms with van der Waals surface area (Å²) in [5.74, 6) is -19.2. The van der Waals surface area contributed by atoms with E-state index < -0.39 is 42.0 Å². The van der Waals surface area contributed by atoms with E-state index in [4.69, 9.17) is 0 Å². The van der Waals surface area contributed by atoms with E-state index in [1.54, 1.807) is 6.07 Å². The van der Waals surface area contributed by atoms with Crippen molar-refractivity contribution in [2.24, 2.45) is 0 Å². The van der Waals surface area contributed by atoms with Gasteiger partial charge in [-0.2, -0.15) is 39.5 Å². The number of halogens is 9. The first-order valence-electron chi connectivity index (χ1n) is 6.16. The number of hydrogen-bond acceptors (Lipinski definition) is 2. The molecule has 0 spiro atoms. The van der Waals surface area contributed by atoms with E-state index in [1.165, 1.54) is 24.3 Å². The Hall–Kier alpha value is -1.52. The van der Waals surface area contributed by atoms with Crippen molar-refractivity contribution in [3.05, 3.63) is 35.9 Å². The van der Waals surface area contributed by atoms with Gasteiger partial charge in [-0.15, -0.1) is 0 Å². The quantitative estimate of drug-likeness (QED) is 0.490. The standard InChI is InChI=1S/C13H9F9OS/c14-10(15,11(16,17)12(18,19)13(20,21)22)6-7-23-9(24)8-4-2-1-3-5-8/h1-5H,6-7H2. The molecule has 1 aromatic carbocycles. The fourth-order valence-corrected chi connectivity index (χ4v) is 1.71. The second kappa shape index (κ2) is 6.77. The highest BCUT2D eigenvalue weighted by atomic mass is 32.1. The van der Waals surface area contributed by atoms with Crippen molar-refractivity contribution in [3.8, 4) is 0 Å². The van der Waals surface area contributed by atoms with Gasteiger partial charge < -0.3 is 4.74 Å². The lowest BCUT2D eigenvalue weighted by Crippen LogP contribution is -2.61. The fourth-order valence-electron chi connectivity index (χ4n) is 1.49. The van der Waals surface area contributed by atoms with Crippen LogP contribution in [0.4, 0.5) is 39.5 Å². The number of ether oxygens (including phenoxy) is 1. The average Bonchev–Trinajstić information content (AvgIpc) is 2.46. The molecule has 0 aliphatic rings. The molecule has 0 unspecified atom stereocenters. The van der Waals surface area contributed by atoms with Crippen molar-refractivity contribution in [2.45, 2.75) is 30.4 Å². The Labute approximate surface area is 135 Å². The third kappa shape index (κ3) is 3.93. The van der Waals surface area contributed by atoms with Gasteiger partial charge in [-0.3, -0.25) is 0 Å². The van der Waals surface area contributed by atoms with Gasteiger partial charge in [-0.25, -0.2) is 0 Å². The molecule has 0 fully saturated rings. The van der Waals surface area contributed by atoms with Crippen LogP contribution in [0.3, 0.4) is 0 Å². The third-order valence-electron chi connectivity index (χ3n) is 2.87. The first kappa shape index (κ1) is 20.5. The maximum atomic E-state index is 13.2. The fraction of sp³-hybridized carbons (Fsp3) is 0.462. The van der Waals surface area contributed by atoms with E-state index in [1.807, 2.05) is 0 Å². The summed E-state index contributed by atoms with van der Waals surface area (Å²) >= 11 is 4.65. The van der Waals surface area contributed by atoms with Crippen LogP contribution in [0.5, 0.6) is 0 Å². The van der Waals surface area contributed by atoms with Crippen molar-refractivity contribution in [1.82, 2.24) is 0 Å². The predicted molar refractivity (Wildman–Crippen MR) is 69.6 cm³/mol. The molecule has 1 nitrogen and oxygen atoms in total. The first-order valence-corrected chi connectivity index (χ1v) is 6.57. The second-order valence-electron chi connectivity index (χ2n) is 4.60.